The summed E-state index contributed by atoms with van der Waals surface area (Å²) in [6, 6.07) is 18.3. The van der Waals surface area contributed by atoms with Crippen LogP contribution in [0, 0.1) is 0 Å². The van der Waals surface area contributed by atoms with Crippen molar-refractivity contribution in [1.29, 1.82) is 0 Å². The molecule has 0 fully saturated rings. The monoisotopic (exact) mass is 443 g/mol. The summed E-state index contributed by atoms with van der Waals surface area (Å²) < 4.78 is 10.8. The Hall–Kier alpha value is -3.87. The number of hydrogen-bond acceptors (Lipinski definition) is 7. The van der Waals surface area contributed by atoms with Crippen molar-refractivity contribution in [2.75, 3.05) is 31.8 Å². The molecule has 4 aromatic rings. The molecule has 170 valence electrons. The average molecular weight is 444 g/mol. The summed E-state index contributed by atoms with van der Waals surface area (Å²) in [6.45, 7) is 0.781. The number of nitrogens with zero attached hydrogens (tertiary/aromatic N) is 3. The van der Waals surface area contributed by atoms with Crippen LogP contribution in [-0.4, -0.2) is 35.7 Å². The lowest BCUT2D eigenvalue weighted by Gasteiger charge is -2.12. The molecule has 0 spiro atoms. The van der Waals surface area contributed by atoms with Crippen LogP contribution in [0.2, 0.25) is 0 Å². The molecule has 2 heterocycles. The number of fused-ring (bicyclic) bond motifs is 1. The first kappa shape index (κ1) is 22.3. The molecule has 2 aromatic heterocycles. The van der Waals surface area contributed by atoms with Crippen LogP contribution in [0.25, 0.3) is 11.0 Å². The highest BCUT2D eigenvalue weighted by molar-refractivity contribution is 5.89. The van der Waals surface area contributed by atoms with Crippen LogP contribution in [-0.2, 0) is 12.8 Å². The van der Waals surface area contributed by atoms with Crippen LogP contribution < -0.4 is 20.5 Å². The number of nitrogens with one attached hydrogen (secondary N) is 1. The summed E-state index contributed by atoms with van der Waals surface area (Å²) in [5, 5.41) is 4.07. The van der Waals surface area contributed by atoms with E-state index in [4.69, 9.17) is 15.2 Å². The van der Waals surface area contributed by atoms with Gasteiger partial charge in [-0.3, -0.25) is 0 Å². The van der Waals surface area contributed by atoms with E-state index in [0.717, 1.165) is 42.3 Å². The van der Waals surface area contributed by atoms with Gasteiger partial charge in [0.15, 0.2) is 17.1 Å². The Morgan fingerprint density at radius 1 is 0.879 bits per heavy atom. The fraction of sp³-hybridized carbons (Fsp3) is 0.269. The number of anilines is 2. The number of rotatable bonds is 10. The standard InChI is InChI=1S/C26H29N5O2/c1-32-21-12-11-19(17-22(21)33-2)16-20-13-15-28-25-23(20)24(27)30-26(31-25)29-14-7-6-10-18-8-4-3-5-9-18/h3-5,8-9,11-13,15,17H,6-7,10,14,16H2,1-2H3,(H3,27,28,29,30,31). The van der Waals surface area contributed by atoms with E-state index in [1.807, 2.05) is 30.3 Å². The Morgan fingerprint density at radius 3 is 2.48 bits per heavy atom. The van der Waals surface area contributed by atoms with Crippen molar-refractivity contribution in [3.63, 3.8) is 0 Å². The molecule has 0 amide bonds. The van der Waals surface area contributed by atoms with Gasteiger partial charge in [-0.25, -0.2) is 4.98 Å². The molecular formula is C26H29N5O2. The fourth-order valence-corrected chi connectivity index (χ4v) is 3.88. The molecular weight excluding hydrogens is 414 g/mol. The van der Waals surface area contributed by atoms with Crippen molar-refractivity contribution in [2.45, 2.75) is 25.7 Å². The molecule has 0 radical (unpaired) electrons. The molecule has 4 rings (SSSR count). The minimum atomic E-state index is 0.426. The number of hydrogen-bond donors (Lipinski definition) is 2. The summed E-state index contributed by atoms with van der Waals surface area (Å²) in [5.74, 6) is 2.32. The van der Waals surface area contributed by atoms with Crippen molar-refractivity contribution in [3.8, 4) is 11.5 Å². The van der Waals surface area contributed by atoms with Gasteiger partial charge in [-0.2, -0.15) is 9.97 Å². The lowest BCUT2D eigenvalue weighted by atomic mass is 10.0. The van der Waals surface area contributed by atoms with E-state index in [1.54, 1.807) is 20.4 Å². The van der Waals surface area contributed by atoms with Gasteiger partial charge in [0.2, 0.25) is 5.95 Å². The van der Waals surface area contributed by atoms with Gasteiger partial charge in [0, 0.05) is 12.7 Å². The molecule has 0 aliphatic carbocycles. The maximum Gasteiger partial charge on any atom is 0.226 e. The maximum absolute atomic E-state index is 6.34. The van der Waals surface area contributed by atoms with E-state index < -0.39 is 0 Å². The number of nitrogen functional groups attached to an aromatic ring is 1. The molecule has 3 N–H and O–H groups in total. The zero-order chi connectivity index (χ0) is 23.0. The van der Waals surface area contributed by atoms with Gasteiger partial charge in [0.1, 0.15) is 5.82 Å². The molecule has 0 atom stereocenters. The number of methoxy groups -OCH3 is 2. The second-order valence-electron chi connectivity index (χ2n) is 7.84. The average Bonchev–Trinajstić information content (AvgIpc) is 2.84. The molecule has 2 aromatic carbocycles. The van der Waals surface area contributed by atoms with Crippen LogP contribution in [0.5, 0.6) is 11.5 Å². The van der Waals surface area contributed by atoms with Crippen molar-refractivity contribution in [2.24, 2.45) is 0 Å². The van der Waals surface area contributed by atoms with E-state index in [-0.39, 0.29) is 0 Å². The molecule has 7 heteroatoms. The van der Waals surface area contributed by atoms with Crippen LogP contribution in [0.1, 0.15) is 29.5 Å². The second kappa shape index (κ2) is 10.6. The van der Waals surface area contributed by atoms with Crippen molar-refractivity contribution >= 4 is 22.8 Å². The van der Waals surface area contributed by atoms with Crippen molar-refractivity contribution in [1.82, 2.24) is 15.0 Å². The smallest absolute Gasteiger partial charge is 0.226 e. The zero-order valence-corrected chi connectivity index (χ0v) is 19.0. The molecule has 0 aliphatic rings. The van der Waals surface area contributed by atoms with E-state index in [1.165, 1.54) is 5.56 Å². The highest BCUT2D eigenvalue weighted by Crippen LogP contribution is 2.30. The first-order valence-corrected chi connectivity index (χ1v) is 11.1. The lowest BCUT2D eigenvalue weighted by molar-refractivity contribution is 0.354. The topological polar surface area (TPSA) is 95.2 Å². The van der Waals surface area contributed by atoms with Crippen LogP contribution >= 0.6 is 0 Å². The summed E-state index contributed by atoms with van der Waals surface area (Å²) in [5.41, 5.74) is 10.4. The molecule has 33 heavy (non-hydrogen) atoms. The maximum atomic E-state index is 6.34. The van der Waals surface area contributed by atoms with Crippen molar-refractivity contribution < 1.29 is 9.47 Å². The number of unbranched alkanes of at least 4 members (excludes halogenated alkanes) is 1. The van der Waals surface area contributed by atoms with Gasteiger partial charge in [-0.05, 0) is 60.6 Å². The first-order chi connectivity index (χ1) is 16.2. The number of pyridine rings is 1. The molecule has 7 nitrogen and oxygen atoms in total. The van der Waals surface area contributed by atoms with E-state index in [0.29, 0.717) is 35.3 Å². The fourth-order valence-electron chi connectivity index (χ4n) is 3.88. The summed E-state index contributed by atoms with van der Waals surface area (Å²) in [4.78, 5) is 13.5. The van der Waals surface area contributed by atoms with Gasteiger partial charge in [0.05, 0.1) is 19.6 Å². The zero-order valence-electron chi connectivity index (χ0n) is 19.0. The predicted octanol–water partition coefficient (Wildman–Crippen LogP) is 4.65. The number of nitrogens with two attached hydrogens (primary N) is 1. The Labute approximate surface area is 194 Å². The van der Waals surface area contributed by atoms with Crippen LogP contribution in [0.15, 0.2) is 60.8 Å². The van der Waals surface area contributed by atoms with Crippen LogP contribution in [0.4, 0.5) is 11.8 Å². The van der Waals surface area contributed by atoms with Gasteiger partial charge < -0.3 is 20.5 Å². The Kier molecular flexibility index (Phi) is 7.19. The normalized spacial score (nSPS) is 10.8. The lowest BCUT2D eigenvalue weighted by Crippen LogP contribution is -2.09. The first-order valence-electron chi connectivity index (χ1n) is 11.1. The second-order valence-corrected chi connectivity index (χ2v) is 7.84. The number of ether oxygens (including phenoxy) is 2. The van der Waals surface area contributed by atoms with Gasteiger partial charge >= 0.3 is 0 Å². The van der Waals surface area contributed by atoms with E-state index in [9.17, 15) is 0 Å². The van der Waals surface area contributed by atoms with Gasteiger partial charge in [0.25, 0.3) is 0 Å². The molecule has 0 bridgehead atoms. The SMILES string of the molecule is COc1ccc(Cc2ccnc3nc(NCCCCc4ccccc4)nc(N)c23)cc1OC. The van der Waals surface area contributed by atoms with E-state index >= 15 is 0 Å². The summed E-state index contributed by atoms with van der Waals surface area (Å²) in [6.07, 6.45) is 5.58. The minimum absolute atomic E-state index is 0.426. The third-order valence-electron chi connectivity index (χ3n) is 5.57. The number of benzene rings is 2. The summed E-state index contributed by atoms with van der Waals surface area (Å²) >= 11 is 0. The highest BCUT2D eigenvalue weighted by atomic mass is 16.5. The summed E-state index contributed by atoms with van der Waals surface area (Å²) in [7, 11) is 3.26. The third-order valence-corrected chi connectivity index (χ3v) is 5.57. The highest BCUT2D eigenvalue weighted by Gasteiger charge is 2.13. The molecule has 0 unspecified atom stereocenters. The van der Waals surface area contributed by atoms with Gasteiger partial charge in [-0.15, -0.1) is 0 Å². The number of aromatic nitrogens is 3. The predicted molar refractivity (Wildman–Crippen MR) is 132 cm³/mol. The largest absolute Gasteiger partial charge is 0.493 e. The Bertz CT molecular complexity index is 1210. The minimum Gasteiger partial charge on any atom is -0.493 e. The molecule has 0 saturated carbocycles. The van der Waals surface area contributed by atoms with Gasteiger partial charge in [-0.1, -0.05) is 36.4 Å². The Morgan fingerprint density at radius 2 is 1.70 bits per heavy atom. The van der Waals surface area contributed by atoms with Crippen LogP contribution in [0.3, 0.4) is 0 Å². The Balaban J connectivity index is 1.44. The number of aryl methyl sites for hydroxylation is 1. The third kappa shape index (κ3) is 5.49. The van der Waals surface area contributed by atoms with E-state index in [2.05, 4.69) is 44.5 Å². The molecule has 0 aliphatic heterocycles. The molecule has 0 saturated heterocycles. The quantitative estimate of drug-likeness (QED) is 0.345. The van der Waals surface area contributed by atoms with Crippen molar-refractivity contribution in [3.05, 3.63) is 77.5 Å².